The molecule has 2 saturated heterocycles. The van der Waals surface area contributed by atoms with Gasteiger partial charge in [-0.3, -0.25) is 9.59 Å². The predicted octanol–water partition coefficient (Wildman–Crippen LogP) is 0.513. The number of aliphatic hydroxyl groups excluding tert-OH is 1. The van der Waals surface area contributed by atoms with Gasteiger partial charge in [-0.15, -0.1) is 0 Å². The summed E-state index contributed by atoms with van der Waals surface area (Å²) in [7, 11) is 0. The number of aliphatic hydroxyl groups is 1. The molecule has 0 atom stereocenters. The van der Waals surface area contributed by atoms with Crippen LogP contribution < -0.4 is 4.90 Å². The molecular formula is C24H29N7O4. The fraction of sp³-hybridized carbons (Fsp3) is 0.458. The number of benzene rings is 1. The molecule has 4 heterocycles. The third kappa shape index (κ3) is 4.82. The summed E-state index contributed by atoms with van der Waals surface area (Å²) in [4.78, 5) is 39.9. The van der Waals surface area contributed by atoms with Crippen LogP contribution in [0.5, 0.6) is 0 Å². The number of anilines is 1. The van der Waals surface area contributed by atoms with E-state index in [1.54, 1.807) is 27.6 Å². The molecule has 35 heavy (non-hydrogen) atoms. The summed E-state index contributed by atoms with van der Waals surface area (Å²) < 4.78 is 7.11. The van der Waals surface area contributed by atoms with E-state index in [2.05, 4.69) is 10.00 Å². The van der Waals surface area contributed by atoms with Crippen molar-refractivity contribution in [3.63, 3.8) is 0 Å². The first-order valence-corrected chi connectivity index (χ1v) is 11.8. The van der Waals surface area contributed by atoms with Gasteiger partial charge in [-0.05, 0) is 11.6 Å². The highest BCUT2D eigenvalue weighted by atomic mass is 16.5. The van der Waals surface area contributed by atoms with Crippen molar-refractivity contribution in [2.24, 2.45) is 0 Å². The molecule has 2 amide bonds. The Bertz CT molecular complexity index is 1230. The second-order valence-corrected chi connectivity index (χ2v) is 8.76. The van der Waals surface area contributed by atoms with Crippen molar-refractivity contribution in [3.05, 3.63) is 36.0 Å². The van der Waals surface area contributed by atoms with E-state index in [-0.39, 0.29) is 25.0 Å². The first kappa shape index (κ1) is 23.2. The van der Waals surface area contributed by atoms with Gasteiger partial charge in [0, 0.05) is 51.8 Å². The van der Waals surface area contributed by atoms with Gasteiger partial charge in [-0.25, -0.2) is 9.67 Å². The lowest BCUT2D eigenvalue weighted by Crippen LogP contribution is -2.50. The van der Waals surface area contributed by atoms with E-state index in [1.807, 2.05) is 24.3 Å². The van der Waals surface area contributed by atoms with E-state index >= 15 is 0 Å². The quantitative estimate of drug-likeness (QED) is 0.563. The van der Waals surface area contributed by atoms with Crippen LogP contribution in [0.2, 0.25) is 0 Å². The minimum atomic E-state index is -0.0664. The molecule has 5 rings (SSSR count). The number of morpholine rings is 1. The van der Waals surface area contributed by atoms with Gasteiger partial charge < -0.3 is 24.5 Å². The molecule has 1 N–H and O–H groups in total. The Hall–Kier alpha value is -3.57. The zero-order valence-corrected chi connectivity index (χ0v) is 19.8. The first-order chi connectivity index (χ1) is 17.0. The highest BCUT2D eigenvalue weighted by Crippen LogP contribution is 2.29. The summed E-state index contributed by atoms with van der Waals surface area (Å²) in [5.74, 6) is 0.531. The largest absolute Gasteiger partial charge is 0.392 e. The van der Waals surface area contributed by atoms with Crippen molar-refractivity contribution in [3.8, 4) is 11.3 Å². The minimum Gasteiger partial charge on any atom is -0.392 e. The number of piperazine rings is 1. The molecular weight excluding hydrogens is 450 g/mol. The zero-order valence-electron chi connectivity index (χ0n) is 19.8. The fourth-order valence-corrected chi connectivity index (χ4v) is 4.50. The number of hydrogen-bond acceptors (Lipinski definition) is 8. The molecule has 0 saturated carbocycles. The van der Waals surface area contributed by atoms with Crippen LogP contribution in [0.15, 0.2) is 30.5 Å². The lowest BCUT2D eigenvalue weighted by Gasteiger charge is -2.34. The Morgan fingerprint density at radius 2 is 1.77 bits per heavy atom. The molecule has 0 spiro atoms. The molecule has 11 nitrogen and oxygen atoms in total. The molecule has 11 heteroatoms. The number of rotatable bonds is 5. The third-order valence-corrected chi connectivity index (χ3v) is 6.52. The molecule has 0 bridgehead atoms. The molecule has 0 unspecified atom stereocenters. The molecule has 2 fully saturated rings. The number of hydrogen-bond donors (Lipinski definition) is 1. The lowest BCUT2D eigenvalue weighted by molar-refractivity contribution is -0.138. The van der Waals surface area contributed by atoms with E-state index in [4.69, 9.17) is 14.7 Å². The van der Waals surface area contributed by atoms with Crippen molar-refractivity contribution < 1.29 is 19.4 Å². The monoisotopic (exact) mass is 479 g/mol. The molecule has 2 aliphatic rings. The number of ether oxygens (including phenoxy) is 1. The van der Waals surface area contributed by atoms with Gasteiger partial charge in [-0.2, -0.15) is 10.1 Å². The second-order valence-electron chi connectivity index (χ2n) is 8.76. The highest BCUT2D eigenvalue weighted by Gasteiger charge is 2.25. The Morgan fingerprint density at radius 3 is 2.49 bits per heavy atom. The van der Waals surface area contributed by atoms with Gasteiger partial charge in [0.1, 0.15) is 6.54 Å². The maximum absolute atomic E-state index is 13.1. The molecule has 1 aromatic carbocycles. The van der Waals surface area contributed by atoms with E-state index in [0.29, 0.717) is 69.8 Å². The highest BCUT2D eigenvalue weighted by molar-refractivity contribution is 5.92. The van der Waals surface area contributed by atoms with Crippen LogP contribution in [0.4, 0.5) is 5.95 Å². The van der Waals surface area contributed by atoms with Crippen LogP contribution in [-0.2, 0) is 27.5 Å². The van der Waals surface area contributed by atoms with Crippen molar-refractivity contribution in [1.29, 1.82) is 0 Å². The normalized spacial score (nSPS) is 16.7. The maximum Gasteiger partial charge on any atom is 0.244 e. The molecule has 0 radical (unpaired) electrons. The summed E-state index contributed by atoms with van der Waals surface area (Å²) in [6.07, 6.45) is 1.69. The fourth-order valence-electron chi connectivity index (χ4n) is 4.50. The third-order valence-electron chi connectivity index (χ3n) is 6.52. The topological polar surface area (TPSA) is 117 Å². The average molecular weight is 480 g/mol. The molecule has 3 aromatic rings. The van der Waals surface area contributed by atoms with Gasteiger partial charge >= 0.3 is 0 Å². The Labute approximate surface area is 202 Å². The zero-order chi connectivity index (χ0) is 24.4. The van der Waals surface area contributed by atoms with E-state index in [1.165, 1.54) is 0 Å². The number of carbonyl (C=O) groups is 2. The summed E-state index contributed by atoms with van der Waals surface area (Å²) in [5.41, 5.74) is 2.93. The van der Waals surface area contributed by atoms with E-state index in [0.717, 1.165) is 16.5 Å². The van der Waals surface area contributed by atoms with Gasteiger partial charge in [-0.1, -0.05) is 18.2 Å². The van der Waals surface area contributed by atoms with E-state index in [9.17, 15) is 14.7 Å². The van der Waals surface area contributed by atoms with Crippen LogP contribution in [-0.4, -0.2) is 99.0 Å². The van der Waals surface area contributed by atoms with Crippen molar-refractivity contribution in [1.82, 2.24) is 29.5 Å². The number of aromatic nitrogens is 4. The lowest BCUT2D eigenvalue weighted by atomic mass is 10.1. The number of amides is 2. The minimum absolute atomic E-state index is 0.0281. The summed E-state index contributed by atoms with van der Waals surface area (Å²) >= 11 is 0. The Morgan fingerprint density at radius 1 is 1.03 bits per heavy atom. The number of carbonyl (C=O) groups excluding carboxylic acids is 2. The smallest absolute Gasteiger partial charge is 0.244 e. The van der Waals surface area contributed by atoms with Gasteiger partial charge in [0.15, 0.2) is 5.65 Å². The molecule has 2 aliphatic heterocycles. The van der Waals surface area contributed by atoms with Gasteiger partial charge in [0.2, 0.25) is 17.8 Å². The number of nitrogens with zero attached hydrogens (tertiary/aromatic N) is 7. The summed E-state index contributed by atoms with van der Waals surface area (Å²) in [5, 5.41) is 14.9. The average Bonchev–Trinajstić information content (AvgIpc) is 3.31. The predicted molar refractivity (Wildman–Crippen MR) is 129 cm³/mol. The summed E-state index contributed by atoms with van der Waals surface area (Å²) in [6.45, 7) is 6.17. The van der Waals surface area contributed by atoms with Crippen LogP contribution >= 0.6 is 0 Å². The molecule has 0 aliphatic carbocycles. The van der Waals surface area contributed by atoms with E-state index < -0.39 is 0 Å². The summed E-state index contributed by atoms with van der Waals surface area (Å²) in [6, 6.07) is 7.60. The second kappa shape index (κ2) is 9.96. The molecule has 2 aromatic heterocycles. The van der Waals surface area contributed by atoms with Gasteiger partial charge in [0.05, 0.1) is 37.1 Å². The number of fused-ring (bicyclic) bond motifs is 1. The van der Waals surface area contributed by atoms with Crippen LogP contribution in [0.25, 0.3) is 22.3 Å². The molecule has 184 valence electrons. The van der Waals surface area contributed by atoms with Crippen LogP contribution in [0.1, 0.15) is 12.5 Å². The maximum atomic E-state index is 13.1. The first-order valence-electron chi connectivity index (χ1n) is 11.8. The van der Waals surface area contributed by atoms with Crippen molar-refractivity contribution >= 4 is 28.8 Å². The SMILES string of the molecule is CC(=O)N1CCN(C(=O)Cn2ncc3c(-c4cccc(CO)c4)nc(N4CCOCC4)nc32)CC1. The van der Waals surface area contributed by atoms with Crippen LogP contribution in [0, 0.1) is 0 Å². The Balaban J connectivity index is 1.48. The Kier molecular flexibility index (Phi) is 6.60. The van der Waals surface area contributed by atoms with Crippen molar-refractivity contribution in [2.45, 2.75) is 20.1 Å². The standard InChI is InChI=1S/C24H29N7O4/c1-17(33)28-5-7-29(8-6-28)21(34)15-31-23-20(14-25-31)22(19-4-2-3-18(13-19)16-32)26-24(27-23)30-9-11-35-12-10-30/h2-4,13-14,32H,5-12,15-16H2,1H3. The van der Waals surface area contributed by atoms with Crippen molar-refractivity contribution in [2.75, 3.05) is 57.4 Å². The van der Waals surface area contributed by atoms with Gasteiger partial charge in [0.25, 0.3) is 0 Å². The van der Waals surface area contributed by atoms with Crippen LogP contribution in [0.3, 0.4) is 0 Å².